The first-order valence-electron chi connectivity index (χ1n) is 9.84. The van der Waals surface area contributed by atoms with Gasteiger partial charge in [0.25, 0.3) is 0 Å². The van der Waals surface area contributed by atoms with E-state index in [-0.39, 0.29) is 23.2 Å². The molecular weight excluding hydrogens is 431 g/mol. The van der Waals surface area contributed by atoms with Crippen LogP contribution in [0.2, 0.25) is 5.02 Å². The monoisotopic (exact) mass is 453 g/mol. The summed E-state index contributed by atoms with van der Waals surface area (Å²) in [6, 6.07) is 11.0. The van der Waals surface area contributed by atoms with Crippen LogP contribution in [0.15, 0.2) is 42.5 Å². The lowest BCUT2D eigenvalue weighted by Gasteiger charge is -2.34. The van der Waals surface area contributed by atoms with Gasteiger partial charge in [-0.25, -0.2) is 0 Å². The third-order valence-corrected chi connectivity index (χ3v) is 5.36. The second-order valence-electron chi connectivity index (χ2n) is 7.56. The van der Waals surface area contributed by atoms with Gasteiger partial charge in [0, 0.05) is 31.2 Å². The van der Waals surface area contributed by atoms with Crippen molar-refractivity contribution in [1.82, 2.24) is 9.80 Å². The van der Waals surface area contributed by atoms with Gasteiger partial charge in [0.05, 0.1) is 24.2 Å². The van der Waals surface area contributed by atoms with Crippen LogP contribution >= 0.6 is 11.6 Å². The summed E-state index contributed by atoms with van der Waals surface area (Å²) in [5.74, 6) is -0.531. The first-order valence-corrected chi connectivity index (χ1v) is 10.2. The summed E-state index contributed by atoms with van der Waals surface area (Å²) in [4.78, 5) is 28.3. The molecule has 0 unspecified atom stereocenters. The number of carbonyl (C=O) groups excluding carboxylic acids is 2. The second kappa shape index (κ2) is 9.70. The van der Waals surface area contributed by atoms with Crippen molar-refractivity contribution in [2.45, 2.75) is 19.5 Å². The molecule has 0 aromatic heterocycles. The number of alkyl halides is 3. The SMILES string of the molecule is Cc1ccc(CC(=O)N2CCN(CC(=O)Nc3ccc(Cl)cc3C(F)(F)F)CC2)cc1. The topological polar surface area (TPSA) is 52.7 Å². The van der Waals surface area contributed by atoms with Crippen LogP contribution in [-0.2, 0) is 22.2 Å². The molecule has 2 aromatic carbocycles. The summed E-state index contributed by atoms with van der Waals surface area (Å²) in [5, 5.41) is 2.26. The lowest BCUT2D eigenvalue weighted by atomic mass is 10.1. The van der Waals surface area contributed by atoms with Gasteiger partial charge < -0.3 is 10.2 Å². The Hall–Kier alpha value is -2.58. The Morgan fingerprint density at radius 2 is 1.68 bits per heavy atom. The molecule has 2 amide bonds. The lowest BCUT2D eigenvalue weighted by molar-refractivity contribution is -0.137. The first-order chi connectivity index (χ1) is 14.6. The van der Waals surface area contributed by atoms with E-state index in [4.69, 9.17) is 11.6 Å². The van der Waals surface area contributed by atoms with E-state index >= 15 is 0 Å². The van der Waals surface area contributed by atoms with Crippen molar-refractivity contribution in [3.63, 3.8) is 0 Å². The minimum Gasteiger partial charge on any atom is -0.340 e. The number of nitrogens with zero attached hydrogens (tertiary/aromatic N) is 2. The predicted octanol–water partition coefficient (Wildman–Crippen LogP) is 3.99. The lowest BCUT2D eigenvalue weighted by Crippen LogP contribution is -2.50. The second-order valence-corrected chi connectivity index (χ2v) is 7.99. The van der Waals surface area contributed by atoms with E-state index in [1.165, 1.54) is 6.07 Å². The molecule has 0 spiro atoms. The van der Waals surface area contributed by atoms with Crippen molar-refractivity contribution in [3.05, 3.63) is 64.2 Å². The number of rotatable bonds is 5. The van der Waals surface area contributed by atoms with E-state index < -0.39 is 17.6 Å². The Kier molecular flexibility index (Phi) is 7.23. The number of halogens is 4. The Bertz CT molecular complexity index is 940. The van der Waals surface area contributed by atoms with Gasteiger partial charge >= 0.3 is 6.18 Å². The largest absolute Gasteiger partial charge is 0.418 e. The van der Waals surface area contributed by atoms with Crippen LogP contribution < -0.4 is 5.32 Å². The van der Waals surface area contributed by atoms with Gasteiger partial charge in [-0.3, -0.25) is 14.5 Å². The van der Waals surface area contributed by atoms with Crippen molar-refractivity contribution in [1.29, 1.82) is 0 Å². The molecule has 0 saturated carbocycles. The van der Waals surface area contributed by atoms with Gasteiger partial charge in [0.15, 0.2) is 0 Å². The number of aryl methyl sites for hydroxylation is 1. The van der Waals surface area contributed by atoms with Crippen molar-refractivity contribution < 1.29 is 22.8 Å². The maximum Gasteiger partial charge on any atom is 0.418 e. The molecule has 166 valence electrons. The molecule has 1 aliphatic rings. The van der Waals surface area contributed by atoms with E-state index in [9.17, 15) is 22.8 Å². The quantitative estimate of drug-likeness (QED) is 0.744. The molecule has 0 bridgehead atoms. The highest BCUT2D eigenvalue weighted by Gasteiger charge is 2.34. The van der Waals surface area contributed by atoms with E-state index in [1.807, 2.05) is 36.1 Å². The maximum atomic E-state index is 13.2. The summed E-state index contributed by atoms with van der Waals surface area (Å²) in [6.07, 6.45) is -4.31. The van der Waals surface area contributed by atoms with Crippen LogP contribution in [0.5, 0.6) is 0 Å². The first kappa shape index (κ1) is 23.1. The van der Waals surface area contributed by atoms with E-state index in [0.717, 1.165) is 23.3 Å². The van der Waals surface area contributed by atoms with Gasteiger partial charge in [-0.15, -0.1) is 0 Å². The molecule has 0 radical (unpaired) electrons. The van der Waals surface area contributed by atoms with Crippen LogP contribution in [-0.4, -0.2) is 54.3 Å². The van der Waals surface area contributed by atoms with E-state index in [1.54, 1.807) is 4.90 Å². The Balaban J connectivity index is 1.50. The molecule has 2 aromatic rings. The fourth-order valence-electron chi connectivity index (χ4n) is 3.40. The van der Waals surface area contributed by atoms with Gasteiger partial charge in [0.1, 0.15) is 0 Å². The zero-order valence-electron chi connectivity index (χ0n) is 17.0. The highest BCUT2D eigenvalue weighted by Crippen LogP contribution is 2.36. The summed E-state index contributed by atoms with van der Waals surface area (Å²) in [6.45, 7) is 3.80. The molecule has 1 N–H and O–H groups in total. The molecule has 1 heterocycles. The van der Waals surface area contributed by atoms with Crippen molar-refractivity contribution in [2.75, 3.05) is 38.0 Å². The molecule has 31 heavy (non-hydrogen) atoms. The standard InChI is InChI=1S/C22H23ClF3N3O2/c1-15-2-4-16(5-3-15)12-21(31)29-10-8-28(9-11-29)14-20(30)27-19-7-6-17(23)13-18(19)22(24,25)26/h2-7,13H,8-12,14H2,1H3,(H,27,30). The van der Waals surface area contributed by atoms with Crippen molar-refractivity contribution >= 4 is 29.1 Å². The van der Waals surface area contributed by atoms with Crippen LogP contribution in [0, 0.1) is 6.92 Å². The summed E-state index contributed by atoms with van der Waals surface area (Å²) >= 11 is 5.66. The van der Waals surface area contributed by atoms with Crippen molar-refractivity contribution in [3.8, 4) is 0 Å². The number of amides is 2. The number of anilines is 1. The molecule has 1 fully saturated rings. The molecule has 1 aliphatic heterocycles. The molecule has 5 nitrogen and oxygen atoms in total. The van der Waals surface area contributed by atoms with Crippen LogP contribution in [0.3, 0.4) is 0 Å². The zero-order chi connectivity index (χ0) is 22.6. The number of nitrogens with one attached hydrogen (secondary N) is 1. The fourth-order valence-corrected chi connectivity index (χ4v) is 3.57. The predicted molar refractivity (Wildman–Crippen MR) is 113 cm³/mol. The fraction of sp³-hybridized carbons (Fsp3) is 0.364. The number of hydrogen-bond acceptors (Lipinski definition) is 3. The summed E-state index contributed by atoms with van der Waals surface area (Å²) in [7, 11) is 0. The molecule has 0 aliphatic carbocycles. The average Bonchev–Trinajstić information content (AvgIpc) is 2.71. The Morgan fingerprint density at radius 1 is 1.03 bits per heavy atom. The van der Waals surface area contributed by atoms with E-state index in [0.29, 0.717) is 32.6 Å². The smallest absolute Gasteiger partial charge is 0.340 e. The third-order valence-electron chi connectivity index (χ3n) is 5.13. The van der Waals surface area contributed by atoms with Gasteiger partial charge in [0.2, 0.25) is 11.8 Å². The Morgan fingerprint density at radius 3 is 2.29 bits per heavy atom. The number of benzene rings is 2. The molecule has 3 rings (SSSR count). The Labute approximate surface area is 183 Å². The van der Waals surface area contributed by atoms with Crippen LogP contribution in [0.1, 0.15) is 16.7 Å². The molecular formula is C22H23ClF3N3O2. The summed E-state index contributed by atoms with van der Waals surface area (Å²) in [5.41, 5.74) is 0.763. The van der Waals surface area contributed by atoms with Gasteiger partial charge in [-0.2, -0.15) is 13.2 Å². The normalized spacial score (nSPS) is 15.1. The minimum absolute atomic E-state index is 0.0175. The minimum atomic E-state index is -4.63. The zero-order valence-corrected chi connectivity index (χ0v) is 17.8. The van der Waals surface area contributed by atoms with Crippen LogP contribution in [0.4, 0.5) is 18.9 Å². The van der Waals surface area contributed by atoms with Crippen LogP contribution in [0.25, 0.3) is 0 Å². The van der Waals surface area contributed by atoms with Gasteiger partial charge in [-0.1, -0.05) is 41.4 Å². The van der Waals surface area contributed by atoms with Gasteiger partial charge in [-0.05, 0) is 30.7 Å². The van der Waals surface area contributed by atoms with Crippen molar-refractivity contribution in [2.24, 2.45) is 0 Å². The summed E-state index contributed by atoms with van der Waals surface area (Å²) < 4.78 is 39.5. The number of piperazine rings is 1. The van der Waals surface area contributed by atoms with E-state index in [2.05, 4.69) is 5.32 Å². The maximum absolute atomic E-state index is 13.2. The third kappa shape index (κ3) is 6.45. The highest BCUT2D eigenvalue weighted by molar-refractivity contribution is 6.30. The number of hydrogen-bond donors (Lipinski definition) is 1. The highest BCUT2D eigenvalue weighted by atomic mass is 35.5. The molecule has 1 saturated heterocycles. The molecule has 9 heteroatoms. The molecule has 0 atom stereocenters. The number of carbonyl (C=O) groups is 2. The average molecular weight is 454 g/mol.